The highest BCUT2D eigenvalue weighted by molar-refractivity contribution is 5.98. The van der Waals surface area contributed by atoms with Crippen molar-refractivity contribution in [2.24, 2.45) is 0 Å². The van der Waals surface area contributed by atoms with Crippen molar-refractivity contribution in [3.05, 3.63) is 107 Å². The Balaban J connectivity index is 1.81. The van der Waals surface area contributed by atoms with E-state index in [2.05, 4.69) is 47.9 Å². The maximum Gasteiger partial charge on any atom is 0.131 e. The molecule has 0 saturated carbocycles. The van der Waals surface area contributed by atoms with Crippen LogP contribution in [0, 0.1) is 24.1 Å². The topological polar surface area (TPSA) is 28.7 Å². The van der Waals surface area contributed by atoms with Crippen LogP contribution < -0.4 is 0 Å². The maximum absolute atomic E-state index is 14.2. The number of allylic oxidation sites excluding steroid dienone is 1. The average molecular weight is 366 g/mol. The second kappa shape index (κ2) is 7.54. The quantitative estimate of drug-likeness (QED) is 0.395. The van der Waals surface area contributed by atoms with Crippen LogP contribution in [0.4, 0.5) is 4.39 Å². The zero-order valence-corrected chi connectivity index (χ0v) is 15.6. The van der Waals surface area contributed by atoms with E-state index in [9.17, 15) is 9.65 Å². The molecule has 0 fully saturated rings. The van der Waals surface area contributed by atoms with Gasteiger partial charge in [0.25, 0.3) is 0 Å². The minimum atomic E-state index is -0.390. The van der Waals surface area contributed by atoms with Crippen molar-refractivity contribution < 1.29 is 4.39 Å². The number of fused-ring (bicyclic) bond motifs is 1. The molecule has 0 spiro atoms. The second-order valence-corrected chi connectivity index (χ2v) is 6.86. The van der Waals surface area contributed by atoms with E-state index in [0.29, 0.717) is 11.1 Å². The molecule has 0 atom stereocenters. The molecule has 4 rings (SSSR count). The summed E-state index contributed by atoms with van der Waals surface area (Å²) in [4.78, 5) is 0. The third kappa shape index (κ3) is 3.45. The van der Waals surface area contributed by atoms with E-state index in [1.807, 2.05) is 24.4 Å². The minimum absolute atomic E-state index is 0.316. The summed E-state index contributed by atoms with van der Waals surface area (Å²) in [6, 6.07) is 25.1. The molecule has 1 aromatic heterocycles. The van der Waals surface area contributed by atoms with Crippen molar-refractivity contribution in [2.45, 2.75) is 13.5 Å². The third-order valence-electron chi connectivity index (χ3n) is 4.88. The predicted molar refractivity (Wildman–Crippen MR) is 112 cm³/mol. The zero-order chi connectivity index (χ0) is 19.5. The largest absolute Gasteiger partial charge is 0.342 e. The maximum atomic E-state index is 14.2. The van der Waals surface area contributed by atoms with Gasteiger partial charge in [-0.05, 0) is 30.7 Å². The molecule has 0 aliphatic carbocycles. The summed E-state index contributed by atoms with van der Waals surface area (Å²) in [5.41, 5.74) is 5.06. The van der Waals surface area contributed by atoms with Crippen LogP contribution in [0.1, 0.15) is 22.3 Å². The van der Waals surface area contributed by atoms with Gasteiger partial charge in [-0.1, -0.05) is 66.2 Å². The fraction of sp³-hybridized carbons (Fsp3) is 0.0800. The van der Waals surface area contributed by atoms with Gasteiger partial charge in [0.05, 0.1) is 11.6 Å². The Morgan fingerprint density at radius 1 is 1.00 bits per heavy atom. The lowest BCUT2D eigenvalue weighted by Gasteiger charge is -2.06. The fourth-order valence-corrected chi connectivity index (χ4v) is 3.42. The Kier molecular flexibility index (Phi) is 4.78. The molecule has 136 valence electrons. The van der Waals surface area contributed by atoms with E-state index >= 15 is 0 Å². The Labute approximate surface area is 163 Å². The lowest BCUT2D eigenvalue weighted by atomic mass is 10.0. The minimum Gasteiger partial charge on any atom is -0.342 e. The van der Waals surface area contributed by atoms with Crippen LogP contribution in [-0.2, 0) is 6.54 Å². The van der Waals surface area contributed by atoms with Gasteiger partial charge in [0.1, 0.15) is 5.82 Å². The number of nitriles is 1. The molecule has 3 heteroatoms. The molecule has 0 aliphatic heterocycles. The first-order chi connectivity index (χ1) is 13.7. The number of rotatable bonds is 4. The zero-order valence-electron chi connectivity index (χ0n) is 15.6. The molecule has 0 bridgehead atoms. The van der Waals surface area contributed by atoms with E-state index in [0.717, 1.165) is 23.0 Å². The highest BCUT2D eigenvalue weighted by Gasteiger charge is 2.11. The highest BCUT2D eigenvalue weighted by Crippen LogP contribution is 2.27. The van der Waals surface area contributed by atoms with Crippen LogP contribution >= 0.6 is 0 Å². The van der Waals surface area contributed by atoms with E-state index in [-0.39, 0.29) is 0 Å². The standard InChI is InChI=1S/C25H19FN2/c1-18-10-12-19(13-11-18)16-28-17-21(23-7-3-5-9-25(23)28)14-20(15-27)22-6-2-4-8-24(22)26/h2-14,17H,16H2,1H3/b20-14-. The third-order valence-corrected chi connectivity index (χ3v) is 4.88. The molecule has 28 heavy (non-hydrogen) atoms. The molecule has 2 nitrogen and oxygen atoms in total. The van der Waals surface area contributed by atoms with Crippen molar-refractivity contribution in [3.63, 3.8) is 0 Å². The van der Waals surface area contributed by atoms with Crippen LogP contribution in [0.2, 0.25) is 0 Å². The smallest absolute Gasteiger partial charge is 0.131 e. The molecule has 0 amide bonds. The molecule has 0 radical (unpaired) electrons. The summed E-state index contributed by atoms with van der Waals surface area (Å²) in [6.07, 6.45) is 3.80. The molecule has 0 saturated heterocycles. The van der Waals surface area contributed by atoms with Gasteiger partial charge < -0.3 is 4.57 Å². The first kappa shape index (κ1) is 17.8. The number of aryl methyl sites for hydroxylation is 1. The molecule has 0 aliphatic rings. The van der Waals surface area contributed by atoms with Gasteiger partial charge in [0, 0.05) is 34.8 Å². The Morgan fingerprint density at radius 3 is 2.46 bits per heavy atom. The highest BCUT2D eigenvalue weighted by atomic mass is 19.1. The summed E-state index contributed by atoms with van der Waals surface area (Å²) < 4.78 is 16.3. The molecule has 3 aromatic carbocycles. The van der Waals surface area contributed by atoms with E-state index in [1.54, 1.807) is 24.3 Å². The van der Waals surface area contributed by atoms with Gasteiger partial charge in [-0.2, -0.15) is 5.26 Å². The van der Waals surface area contributed by atoms with Crippen molar-refractivity contribution in [1.29, 1.82) is 5.26 Å². The predicted octanol–water partition coefficient (Wildman–Crippen LogP) is 6.20. The Bertz CT molecular complexity index is 1210. The van der Waals surface area contributed by atoms with Crippen LogP contribution in [0.5, 0.6) is 0 Å². The van der Waals surface area contributed by atoms with Gasteiger partial charge in [-0.25, -0.2) is 4.39 Å². The van der Waals surface area contributed by atoms with Crippen molar-refractivity contribution in [3.8, 4) is 6.07 Å². The summed E-state index contributed by atoms with van der Waals surface area (Å²) in [7, 11) is 0. The number of hydrogen-bond acceptors (Lipinski definition) is 1. The number of aromatic nitrogens is 1. The van der Waals surface area contributed by atoms with Gasteiger partial charge in [-0.15, -0.1) is 0 Å². The van der Waals surface area contributed by atoms with Gasteiger partial charge in [0.15, 0.2) is 0 Å². The van der Waals surface area contributed by atoms with Gasteiger partial charge in [-0.3, -0.25) is 0 Å². The normalized spacial score (nSPS) is 11.5. The van der Waals surface area contributed by atoms with Crippen LogP contribution in [0.15, 0.2) is 79.0 Å². The summed E-state index contributed by atoms with van der Waals surface area (Å²) in [5.74, 6) is -0.390. The molecule has 0 unspecified atom stereocenters. The van der Waals surface area contributed by atoms with Crippen molar-refractivity contribution >= 4 is 22.6 Å². The van der Waals surface area contributed by atoms with Crippen molar-refractivity contribution in [2.75, 3.05) is 0 Å². The first-order valence-electron chi connectivity index (χ1n) is 9.16. The van der Waals surface area contributed by atoms with E-state index < -0.39 is 5.82 Å². The molecule has 1 heterocycles. The number of benzene rings is 3. The fourth-order valence-electron chi connectivity index (χ4n) is 3.42. The monoisotopic (exact) mass is 366 g/mol. The molecular weight excluding hydrogens is 347 g/mol. The van der Waals surface area contributed by atoms with E-state index in [4.69, 9.17) is 0 Å². The average Bonchev–Trinajstić information content (AvgIpc) is 3.06. The van der Waals surface area contributed by atoms with Gasteiger partial charge >= 0.3 is 0 Å². The molecule has 4 aromatic rings. The lowest BCUT2D eigenvalue weighted by Crippen LogP contribution is -1.97. The molecule has 0 N–H and O–H groups in total. The lowest BCUT2D eigenvalue weighted by molar-refractivity contribution is 0.624. The number of para-hydroxylation sites is 1. The SMILES string of the molecule is Cc1ccc(Cn2cc(/C=C(/C#N)c3ccccc3F)c3ccccc32)cc1. The van der Waals surface area contributed by atoms with Gasteiger partial charge in [0.2, 0.25) is 0 Å². The number of halogens is 1. The van der Waals surface area contributed by atoms with E-state index in [1.165, 1.54) is 17.2 Å². The van der Waals surface area contributed by atoms with Crippen LogP contribution in [0.25, 0.3) is 22.6 Å². The first-order valence-corrected chi connectivity index (χ1v) is 9.16. The summed E-state index contributed by atoms with van der Waals surface area (Å²) in [5, 5.41) is 10.7. The Hall–Kier alpha value is -3.64. The number of nitrogens with zero attached hydrogens (tertiary/aromatic N) is 2. The summed E-state index contributed by atoms with van der Waals surface area (Å²) >= 11 is 0. The van der Waals surface area contributed by atoms with Crippen LogP contribution in [0.3, 0.4) is 0 Å². The Morgan fingerprint density at radius 2 is 1.71 bits per heavy atom. The second-order valence-electron chi connectivity index (χ2n) is 6.86. The van der Waals surface area contributed by atoms with Crippen LogP contribution in [-0.4, -0.2) is 4.57 Å². The summed E-state index contributed by atoms with van der Waals surface area (Å²) in [6.45, 7) is 2.81. The molecular formula is C25H19FN2. The van der Waals surface area contributed by atoms with Crippen molar-refractivity contribution in [1.82, 2.24) is 4.57 Å². The number of hydrogen-bond donors (Lipinski definition) is 0.